The van der Waals surface area contributed by atoms with Crippen molar-refractivity contribution in [3.05, 3.63) is 41.5 Å². The van der Waals surface area contributed by atoms with Gasteiger partial charge in [0.05, 0.1) is 11.6 Å². The van der Waals surface area contributed by atoms with Crippen LogP contribution in [0.15, 0.2) is 28.8 Å². The molecule has 1 unspecified atom stereocenters. The van der Waals surface area contributed by atoms with Crippen molar-refractivity contribution in [3.63, 3.8) is 0 Å². The number of likely N-dealkylation sites (tertiary alicyclic amines) is 1. The maximum Gasteiger partial charge on any atom is 0.313 e. The molecule has 1 aliphatic heterocycles. The van der Waals surface area contributed by atoms with E-state index in [1.165, 1.54) is 11.0 Å². The van der Waals surface area contributed by atoms with Crippen LogP contribution in [0.5, 0.6) is 0 Å². The summed E-state index contributed by atoms with van der Waals surface area (Å²) in [6.07, 6.45) is 1.61. The monoisotopic (exact) mass is 339 g/mol. The fraction of sp³-hybridized carbons (Fsp3) is 0.353. The molecule has 0 spiro atoms. The van der Waals surface area contributed by atoms with E-state index in [1.807, 2.05) is 6.07 Å². The van der Waals surface area contributed by atoms with E-state index >= 15 is 0 Å². The summed E-state index contributed by atoms with van der Waals surface area (Å²) in [4.78, 5) is 30.4. The van der Waals surface area contributed by atoms with E-state index in [0.717, 1.165) is 12.8 Å². The number of aromatic nitrogens is 2. The standard InChI is InChI=1S/C17H17N5O3/c1-11-19-15(21-25-11)13-5-3-7-22(10-13)17(24)16(23)20-14-6-2-4-12(8-14)9-18/h2,4,6,8,13H,3,5,7,10H2,1H3,(H,20,23). The largest absolute Gasteiger partial charge is 0.340 e. The van der Waals surface area contributed by atoms with Crippen LogP contribution in [0.2, 0.25) is 0 Å². The van der Waals surface area contributed by atoms with Crippen molar-refractivity contribution in [2.24, 2.45) is 0 Å². The molecule has 25 heavy (non-hydrogen) atoms. The number of nitrogens with one attached hydrogen (secondary N) is 1. The third-order valence-electron chi connectivity index (χ3n) is 4.06. The molecule has 1 saturated heterocycles. The van der Waals surface area contributed by atoms with E-state index in [-0.39, 0.29) is 5.92 Å². The van der Waals surface area contributed by atoms with Crippen LogP contribution in [0.4, 0.5) is 5.69 Å². The van der Waals surface area contributed by atoms with Gasteiger partial charge < -0.3 is 14.7 Å². The number of anilines is 1. The fourth-order valence-electron chi connectivity index (χ4n) is 2.85. The van der Waals surface area contributed by atoms with Crippen LogP contribution in [0.25, 0.3) is 0 Å². The van der Waals surface area contributed by atoms with E-state index in [2.05, 4.69) is 15.5 Å². The molecule has 1 aliphatic rings. The zero-order valence-corrected chi connectivity index (χ0v) is 13.7. The van der Waals surface area contributed by atoms with Gasteiger partial charge in [-0.2, -0.15) is 10.2 Å². The summed E-state index contributed by atoms with van der Waals surface area (Å²) in [6, 6.07) is 8.41. The summed E-state index contributed by atoms with van der Waals surface area (Å²) in [5, 5.41) is 15.3. The Morgan fingerprint density at radius 2 is 2.28 bits per heavy atom. The molecule has 0 saturated carbocycles. The molecule has 8 nitrogen and oxygen atoms in total. The van der Waals surface area contributed by atoms with Crippen molar-refractivity contribution >= 4 is 17.5 Å². The van der Waals surface area contributed by atoms with Crippen LogP contribution in [0.3, 0.4) is 0 Å². The van der Waals surface area contributed by atoms with Gasteiger partial charge in [-0.15, -0.1) is 0 Å². The van der Waals surface area contributed by atoms with Gasteiger partial charge in [0.15, 0.2) is 5.82 Å². The van der Waals surface area contributed by atoms with Gasteiger partial charge in [0.2, 0.25) is 5.89 Å². The Morgan fingerprint density at radius 1 is 1.44 bits per heavy atom. The van der Waals surface area contributed by atoms with Gasteiger partial charge in [-0.1, -0.05) is 11.2 Å². The predicted molar refractivity (Wildman–Crippen MR) is 87.4 cm³/mol. The second kappa shape index (κ2) is 7.13. The first kappa shape index (κ1) is 16.6. The highest BCUT2D eigenvalue weighted by Crippen LogP contribution is 2.25. The molecule has 3 rings (SSSR count). The third-order valence-corrected chi connectivity index (χ3v) is 4.06. The van der Waals surface area contributed by atoms with Crippen LogP contribution in [-0.2, 0) is 9.59 Å². The number of nitrogens with zero attached hydrogens (tertiary/aromatic N) is 4. The minimum absolute atomic E-state index is 0.0372. The molecule has 1 N–H and O–H groups in total. The third kappa shape index (κ3) is 3.83. The summed E-state index contributed by atoms with van der Waals surface area (Å²) in [7, 11) is 0. The molecule has 2 heterocycles. The molecule has 1 aromatic heterocycles. The van der Waals surface area contributed by atoms with Gasteiger partial charge in [-0.3, -0.25) is 9.59 Å². The van der Waals surface area contributed by atoms with E-state index < -0.39 is 11.8 Å². The number of amides is 2. The fourth-order valence-corrected chi connectivity index (χ4v) is 2.85. The van der Waals surface area contributed by atoms with E-state index in [9.17, 15) is 9.59 Å². The Balaban J connectivity index is 1.65. The lowest BCUT2D eigenvalue weighted by Crippen LogP contribution is -2.44. The number of carbonyl (C=O) groups is 2. The number of nitriles is 1. The molecular formula is C17H17N5O3. The number of aryl methyl sites for hydroxylation is 1. The van der Waals surface area contributed by atoms with E-state index in [0.29, 0.717) is 36.1 Å². The highest BCUT2D eigenvalue weighted by molar-refractivity contribution is 6.39. The average molecular weight is 339 g/mol. The van der Waals surface area contributed by atoms with Crippen molar-refractivity contribution < 1.29 is 14.1 Å². The van der Waals surface area contributed by atoms with Crippen molar-refractivity contribution in [2.45, 2.75) is 25.7 Å². The lowest BCUT2D eigenvalue weighted by atomic mass is 9.97. The first-order valence-electron chi connectivity index (χ1n) is 7.97. The Labute approximate surface area is 144 Å². The van der Waals surface area contributed by atoms with E-state index in [1.54, 1.807) is 25.1 Å². The number of hydrogen-bond donors (Lipinski definition) is 1. The molecule has 1 fully saturated rings. The maximum absolute atomic E-state index is 12.4. The van der Waals surface area contributed by atoms with Gasteiger partial charge in [0.25, 0.3) is 0 Å². The molecule has 2 amide bonds. The normalized spacial score (nSPS) is 17.0. The molecule has 2 aromatic rings. The first-order valence-corrected chi connectivity index (χ1v) is 7.97. The van der Waals surface area contributed by atoms with Gasteiger partial charge in [-0.25, -0.2) is 0 Å². The van der Waals surface area contributed by atoms with Gasteiger partial charge >= 0.3 is 11.8 Å². The zero-order chi connectivity index (χ0) is 17.8. The van der Waals surface area contributed by atoms with Gasteiger partial charge in [0, 0.05) is 31.6 Å². The van der Waals surface area contributed by atoms with Gasteiger partial charge in [0.1, 0.15) is 0 Å². The molecule has 0 radical (unpaired) electrons. The SMILES string of the molecule is Cc1nc(C2CCCN(C(=O)C(=O)Nc3cccc(C#N)c3)C2)no1. The first-order chi connectivity index (χ1) is 12.1. The lowest BCUT2D eigenvalue weighted by molar-refractivity contribution is -0.144. The Bertz CT molecular complexity index is 839. The quantitative estimate of drug-likeness (QED) is 0.832. The molecule has 1 aromatic carbocycles. The van der Waals surface area contributed by atoms with Crippen molar-refractivity contribution in [1.82, 2.24) is 15.0 Å². The van der Waals surface area contributed by atoms with Crippen molar-refractivity contribution in [1.29, 1.82) is 5.26 Å². The summed E-state index contributed by atoms with van der Waals surface area (Å²) < 4.78 is 4.99. The number of hydrogen-bond acceptors (Lipinski definition) is 6. The highest BCUT2D eigenvalue weighted by atomic mass is 16.5. The predicted octanol–water partition coefficient (Wildman–Crippen LogP) is 1.59. The van der Waals surface area contributed by atoms with Crippen LogP contribution >= 0.6 is 0 Å². The topological polar surface area (TPSA) is 112 Å². The second-order valence-corrected chi connectivity index (χ2v) is 5.91. The Hall–Kier alpha value is -3.21. The molecule has 128 valence electrons. The van der Waals surface area contributed by atoms with Crippen LogP contribution in [0.1, 0.15) is 36.0 Å². The van der Waals surface area contributed by atoms with E-state index in [4.69, 9.17) is 9.78 Å². The smallest absolute Gasteiger partial charge is 0.313 e. The highest BCUT2D eigenvalue weighted by Gasteiger charge is 2.30. The molecule has 0 aliphatic carbocycles. The maximum atomic E-state index is 12.4. The van der Waals surface area contributed by atoms with Crippen LogP contribution in [0, 0.1) is 18.3 Å². The van der Waals surface area contributed by atoms with Crippen molar-refractivity contribution in [2.75, 3.05) is 18.4 Å². The second-order valence-electron chi connectivity index (χ2n) is 5.91. The molecular weight excluding hydrogens is 322 g/mol. The Morgan fingerprint density at radius 3 is 3.00 bits per heavy atom. The Kier molecular flexibility index (Phi) is 4.75. The number of benzene rings is 1. The lowest BCUT2D eigenvalue weighted by Gasteiger charge is -2.30. The van der Waals surface area contributed by atoms with Crippen LogP contribution < -0.4 is 5.32 Å². The average Bonchev–Trinajstić information content (AvgIpc) is 3.07. The van der Waals surface area contributed by atoms with Gasteiger partial charge in [-0.05, 0) is 31.0 Å². The van der Waals surface area contributed by atoms with Crippen LogP contribution in [-0.4, -0.2) is 39.9 Å². The summed E-state index contributed by atoms with van der Waals surface area (Å²) in [5.41, 5.74) is 0.829. The minimum Gasteiger partial charge on any atom is -0.340 e. The molecule has 1 atom stereocenters. The molecule has 0 bridgehead atoms. The summed E-state index contributed by atoms with van der Waals surface area (Å²) in [6.45, 7) is 2.60. The number of carbonyl (C=O) groups excluding carboxylic acids is 2. The number of piperidine rings is 1. The minimum atomic E-state index is -0.722. The van der Waals surface area contributed by atoms with Crippen molar-refractivity contribution in [3.8, 4) is 6.07 Å². The number of rotatable bonds is 2. The summed E-state index contributed by atoms with van der Waals surface area (Å²) in [5.74, 6) is -0.317. The zero-order valence-electron chi connectivity index (χ0n) is 13.7. The summed E-state index contributed by atoms with van der Waals surface area (Å²) >= 11 is 0. The molecule has 8 heteroatoms.